The monoisotopic (exact) mass is 277 g/mol. The topological polar surface area (TPSA) is 44.5 Å². The number of ether oxygens (including phenoxy) is 2. The predicted molar refractivity (Wildman–Crippen MR) is 66.6 cm³/mol. The van der Waals surface area contributed by atoms with E-state index in [1.807, 2.05) is 0 Å². The van der Waals surface area contributed by atoms with Gasteiger partial charge in [0.05, 0.1) is 19.8 Å². The van der Waals surface area contributed by atoms with Crippen LogP contribution in [-0.2, 0) is 6.18 Å². The van der Waals surface area contributed by atoms with Crippen LogP contribution in [0.5, 0.6) is 11.5 Å². The van der Waals surface area contributed by atoms with Crippen LogP contribution in [0.25, 0.3) is 0 Å². The van der Waals surface area contributed by atoms with Gasteiger partial charge in [-0.05, 0) is 31.0 Å². The summed E-state index contributed by atoms with van der Waals surface area (Å²) in [4.78, 5) is 0. The molecule has 6 heteroatoms. The number of alkyl halides is 3. The third-order valence-electron chi connectivity index (χ3n) is 2.98. The maximum atomic E-state index is 13.1. The fourth-order valence-electron chi connectivity index (χ4n) is 2.08. The van der Waals surface area contributed by atoms with Crippen molar-refractivity contribution in [1.29, 1.82) is 0 Å². The molecule has 3 nitrogen and oxygen atoms in total. The highest BCUT2D eigenvalue weighted by Gasteiger charge is 2.37. The van der Waals surface area contributed by atoms with Crippen molar-refractivity contribution in [3.05, 3.63) is 23.3 Å². The van der Waals surface area contributed by atoms with Crippen LogP contribution in [0.1, 0.15) is 30.4 Å². The Morgan fingerprint density at radius 2 is 1.84 bits per heavy atom. The van der Waals surface area contributed by atoms with Crippen molar-refractivity contribution < 1.29 is 22.6 Å². The molecule has 1 aromatic rings. The summed E-state index contributed by atoms with van der Waals surface area (Å²) in [6.07, 6.45) is -4.00. The smallest absolute Gasteiger partial charge is 0.416 e. The molecule has 0 amide bonds. The van der Waals surface area contributed by atoms with E-state index in [-0.39, 0.29) is 23.0 Å². The summed E-state index contributed by atoms with van der Waals surface area (Å²) in [6.45, 7) is 2.00. The number of benzene rings is 1. The largest absolute Gasteiger partial charge is 0.493 e. The first-order chi connectivity index (χ1) is 8.86. The summed E-state index contributed by atoms with van der Waals surface area (Å²) in [5.74, 6) is 0.0410. The molecule has 1 rings (SSSR count). The standard InChI is InChI=1S/C13H18F3NO2/c1-8(6-7-17)11-9(13(14,15)16)4-5-10(18-2)12(11)19-3/h4-5,8H,6-7,17H2,1-3H3. The molecule has 1 atom stereocenters. The minimum atomic E-state index is -4.43. The van der Waals surface area contributed by atoms with E-state index < -0.39 is 11.7 Å². The van der Waals surface area contributed by atoms with Gasteiger partial charge in [-0.2, -0.15) is 13.2 Å². The Balaban J connectivity index is 3.49. The van der Waals surface area contributed by atoms with Crippen molar-refractivity contribution in [2.24, 2.45) is 5.73 Å². The van der Waals surface area contributed by atoms with Crippen LogP contribution >= 0.6 is 0 Å². The number of hydrogen-bond acceptors (Lipinski definition) is 3. The van der Waals surface area contributed by atoms with Crippen molar-refractivity contribution in [3.63, 3.8) is 0 Å². The summed E-state index contributed by atoms with van der Waals surface area (Å²) < 4.78 is 49.4. The van der Waals surface area contributed by atoms with Gasteiger partial charge in [-0.25, -0.2) is 0 Å². The van der Waals surface area contributed by atoms with E-state index in [4.69, 9.17) is 15.2 Å². The number of hydrogen-bond donors (Lipinski definition) is 1. The van der Waals surface area contributed by atoms with Crippen LogP contribution in [-0.4, -0.2) is 20.8 Å². The zero-order chi connectivity index (χ0) is 14.6. The van der Waals surface area contributed by atoms with E-state index in [0.29, 0.717) is 13.0 Å². The molecule has 0 aliphatic heterocycles. The van der Waals surface area contributed by atoms with Crippen LogP contribution < -0.4 is 15.2 Å². The lowest BCUT2D eigenvalue weighted by atomic mass is 9.91. The molecule has 0 aliphatic carbocycles. The Morgan fingerprint density at radius 1 is 1.21 bits per heavy atom. The molecule has 0 saturated heterocycles. The van der Waals surface area contributed by atoms with Crippen LogP contribution in [0.15, 0.2) is 12.1 Å². The van der Waals surface area contributed by atoms with E-state index in [2.05, 4.69) is 0 Å². The molecule has 0 aromatic heterocycles. The van der Waals surface area contributed by atoms with Crippen LogP contribution in [0, 0.1) is 0 Å². The van der Waals surface area contributed by atoms with Gasteiger partial charge in [-0.1, -0.05) is 6.92 Å². The van der Waals surface area contributed by atoms with Crippen molar-refractivity contribution in [2.75, 3.05) is 20.8 Å². The maximum Gasteiger partial charge on any atom is 0.416 e. The molecular formula is C13H18F3NO2. The van der Waals surface area contributed by atoms with Crippen molar-refractivity contribution >= 4 is 0 Å². The Hall–Kier alpha value is -1.43. The maximum absolute atomic E-state index is 13.1. The Morgan fingerprint density at radius 3 is 2.26 bits per heavy atom. The Labute approximate surface area is 110 Å². The van der Waals surface area contributed by atoms with Gasteiger partial charge in [0.25, 0.3) is 0 Å². The van der Waals surface area contributed by atoms with Crippen molar-refractivity contribution in [3.8, 4) is 11.5 Å². The van der Waals surface area contributed by atoms with Gasteiger partial charge >= 0.3 is 6.18 Å². The molecule has 2 N–H and O–H groups in total. The van der Waals surface area contributed by atoms with Gasteiger partial charge in [-0.3, -0.25) is 0 Å². The van der Waals surface area contributed by atoms with Gasteiger partial charge in [-0.15, -0.1) is 0 Å². The fraction of sp³-hybridized carbons (Fsp3) is 0.538. The molecule has 1 aromatic carbocycles. The highest BCUT2D eigenvalue weighted by Crippen LogP contribution is 2.44. The molecule has 108 valence electrons. The normalized spacial score (nSPS) is 13.2. The number of rotatable bonds is 5. The summed E-state index contributed by atoms with van der Waals surface area (Å²) in [5.41, 5.74) is 4.83. The first-order valence-corrected chi connectivity index (χ1v) is 5.88. The lowest BCUT2D eigenvalue weighted by Crippen LogP contribution is -2.15. The van der Waals surface area contributed by atoms with Crippen molar-refractivity contribution in [1.82, 2.24) is 0 Å². The minimum absolute atomic E-state index is 0.0970. The molecule has 0 radical (unpaired) electrons. The first kappa shape index (κ1) is 15.6. The van der Waals surface area contributed by atoms with E-state index in [9.17, 15) is 13.2 Å². The van der Waals surface area contributed by atoms with Gasteiger partial charge in [0.2, 0.25) is 0 Å². The Bertz CT molecular complexity index is 433. The lowest BCUT2D eigenvalue weighted by molar-refractivity contribution is -0.138. The fourth-order valence-corrected chi connectivity index (χ4v) is 2.08. The molecule has 0 heterocycles. The number of nitrogens with two attached hydrogens (primary N) is 1. The van der Waals surface area contributed by atoms with Gasteiger partial charge in [0.1, 0.15) is 0 Å². The highest BCUT2D eigenvalue weighted by atomic mass is 19.4. The molecular weight excluding hydrogens is 259 g/mol. The SMILES string of the molecule is COc1ccc(C(F)(F)F)c(C(C)CCN)c1OC. The first-order valence-electron chi connectivity index (χ1n) is 5.88. The highest BCUT2D eigenvalue weighted by molar-refractivity contribution is 5.53. The lowest BCUT2D eigenvalue weighted by Gasteiger charge is -2.22. The van der Waals surface area contributed by atoms with Crippen molar-refractivity contribution in [2.45, 2.75) is 25.4 Å². The minimum Gasteiger partial charge on any atom is -0.493 e. The molecule has 0 aliphatic rings. The van der Waals surface area contributed by atoms with E-state index in [0.717, 1.165) is 6.07 Å². The zero-order valence-corrected chi connectivity index (χ0v) is 11.2. The number of halogens is 3. The van der Waals surface area contributed by atoms with Crippen LogP contribution in [0.2, 0.25) is 0 Å². The summed E-state index contributed by atoms with van der Waals surface area (Å²) >= 11 is 0. The number of methoxy groups -OCH3 is 2. The van der Waals surface area contributed by atoms with E-state index in [1.54, 1.807) is 6.92 Å². The van der Waals surface area contributed by atoms with Gasteiger partial charge < -0.3 is 15.2 Å². The van der Waals surface area contributed by atoms with E-state index >= 15 is 0 Å². The van der Waals surface area contributed by atoms with Gasteiger partial charge in [0, 0.05) is 5.56 Å². The summed E-state index contributed by atoms with van der Waals surface area (Å²) in [6, 6.07) is 2.28. The average Bonchev–Trinajstić information content (AvgIpc) is 2.35. The zero-order valence-electron chi connectivity index (χ0n) is 11.2. The second-order valence-electron chi connectivity index (χ2n) is 4.24. The molecule has 0 bridgehead atoms. The average molecular weight is 277 g/mol. The quantitative estimate of drug-likeness (QED) is 0.899. The molecule has 0 fully saturated rings. The van der Waals surface area contributed by atoms with Gasteiger partial charge in [0.15, 0.2) is 11.5 Å². The third-order valence-corrected chi connectivity index (χ3v) is 2.98. The Kier molecular flexibility index (Phi) is 5.05. The van der Waals surface area contributed by atoms with E-state index in [1.165, 1.54) is 20.3 Å². The molecule has 0 saturated carbocycles. The molecule has 1 unspecified atom stereocenters. The summed E-state index contributed by atoms with van der Waals surface area (Å²) in [5, 5.41) is 0. The second kappa shape index (κ2) is 6.14. The van der Waals surface area contributed by atoms with Crippen LogP contribution in [0.4, 0.5) is 13.2 Å². The van der Waals surface area contributed by atoms with Crippen LogP contribution in [0.3, 0.4) is 0 Å². The summed E-state index contributed by atoms with van der Waals surface area (Å²) in [7, 11) is 2.72. The third kappa shape index (κ3) is 3.32. The molecule has 19 heavy (non-hydrogen) atoms. The second-order valence-corrected chi connectivity index (χ2v) is 4.24. The predicted octanol–water partition coefficient (Wildman–Crippen LogP) is 3.17. The molecule has 0 spiro atoms.